The minimum Gasteiger partial charge on any atom is -0.493 e. The molecule has 8 nitrogen and oxygen atoms in total. The van der Waals surface area contributed by atoms with Gasteiger partial charge in [0.05, 0.1) is 23.1 Å². The number of H-pyrrole nitrogens is 1. The summed E-state index contributed by atoms with van der Waals surface area (Å²) in [6.45, 7) is 3.67. The topological polar surface area (TPSA) is 113 Å². The smallest absolute Gasteiger partial charge is 0.335 e. The first-order valence-corrected chi connectivity index (χ1v) is 10.00. The highest BCUT2D eigenvalue weighted by atomic mass is 79.9. The average Bonchev–Trinajstić information content (AvgIpc) is 3.15. The van der Waals surface area contributed by atoms with Gasteiger partial charge in [0.1, 0.15) is 16.6 Å². The molecule has 4 rings (SSSR count). The second-order valence-electron chi connectivity index (χ2n) is 6.39. The van der Waals surface area contributed by atoms with Gasteiger partial charge in [0.2, 0.25) is 5.88 Å². The fourth-order valence-electron chi connectivity index (χ4n) is 2.92. The molecule has 0 aliphatic rings. The lowest BCUT2D eigenvalue weighted by Gasteiger charge is -2.14. The van der Waals surface area contributed by atoms with Gasteiger partial charge in [-0.2, -0.15) is 8.75 Å². The Labute approximate surface area is 176 Å². The predicted molar refractivity (Wildman–Crippen MR) is 116 cm³/mol. The normalized spacial score (nSPS) is 11.6. The molecule has 4 aromatic rings. The molecule has 0 bridgehead atoms. The summed E-state index contributed by atoms with van der Waals surface area (Å²) in [5.74, 6) is -0.490. The summed E-state index contributed by atoms with van der Waals surface area (Å²) in [7, 11) is 0. The van der Waals surface area contributed by atoms with Gasteiger partial charge in [0.25, 0.3) is 5.56 Å². The van der Waals surface area contributed by atoms with Gasteiger partial charge in [0, 0.05) is 10.7 Å². The molecule has 2 aromatic carbocycles. The molecular formula is C19H14BrN5O3S. The number of aromatic amines is 1. The monoisotopic (exact) mass is 471 g/mol. The molecule has 0 atom stereocenters. The summed E-state index contributed by atoms with van der Waals surface area (Å²) < 4.78 is 10.3. The fourth-order valence-corrected chi connectivity index (χ4v) is 3.92. The van der Waals surface area contributed by atoms with Crippen molar-refractivity contribution in [1.29, 1.82) is 0 Å². The first kappa shape index (κ1) is 19.2. The van der Waals surface area contributed by atoms with E-state index in [1.807, 2.05) is 13.0 Å². The van der Waals surface area contributed by atoms with Gasteiger partial charge in [-0.1, -0.05) is 22.0 Å². The van der Waals surface area contributed by atoms with Crippen LogP contribution in [0.15, 0.2) is 49.4 Å². The first-order chi connectivity index (χ1) is 13.9. The number of aryl methyl sites for hydroxylation is 2. The van der Waals surface area contributed by atoms with E-state index in [0.29, 0.717) is 22.4 Å². The van der Waals surface area contributed by atoms with E-state index in [-0.39, 0.29) is 5.56 Å². The third-order valence-corrected chi connectivity index (χ3v) is 5.83. The van der Waals surface area contributed by atoms with Gasteiger partial charge in [0.15, 0.2) is 0 Å². The Bertz CT molecular complexity index is 1400. The maximum atomic E-state index is 12.5. The summed E-state index contributed by atoms with van der Waals surface area (Å²) in [6, 6.07) is 8.90. The molecule has 0 unspecified atom stereocenters. The van der Waals surface area contributed by atoms with Crippen LogP contribution in [0.1, 0.15) is 16.7 Å². The number of fused-ring (bicyclic) bond motifs is 1. The number of rotatable bonds is 3. The molecule has 10 heteroatoms. The standard InChI is InChI=1S/C19H14BrN5O3S/c1-9-7-15(10(2)6-12(9)20)25-18(27)11(17(26)22-19(25)28)8-21-13-4-3-5-14-16(13)24-29-23-14/h3-8,27H,1-2H3,(H,22,26,28). The molecule has 2 heterocycles. The third-order valence-electron chi connectivity index (χ3n) is 4.44. The zero-order valence-corrected chi connectivity index (χ0v) is 17.7. The lowest BCUT2D eigenvalue weighted by Crippen LogP contribution is -2.31. The maximum Gasteiger partial charge on any atom is 0.335 e. The Morgan fingerprint density at radius 1 is 1.21 bits per heavy atom. The van der Waals surface area contributed by atoms with Crippen molar-refractivity contribution < 1.29 is 5.11 Å². The van der Waals surface area contributed by atoms with Crippen molar-refractivity contribution >= 4 is 50.6 Å². The minimum absolute atomic E-state index is 0.134. The van der Waals surface area contributed by atoms with Gasteiger partial charge in [-0.25, -0.2) is 9.36 Å². The summed E-state index contributed by atoms with van der Waals surface area (Å²) in [6.07, 6.45) is 1.22. The van der Waals surface area contributed by atoms with Crippen LogP contribution in [0.4, 0.5) is 5.69 Å². The van der Waals surface area contributed by atoms with Gasteiger partial charge < -0.3 is 5.11 Å². The SMILES string of the molecule is Cc1cc(-n2c(O)c(C=Nc3cccc4nsnc34)c(=O)[nH]c2=O)c(C)cc1Br. The second-order valence-corrected chi connectivity index (χ2v) is 7.77. The molecular weight excluding hydrogens is 458 g/mol. The number of hydrogen-bond donors (Lipinski definition) is 2. The molecule has 0 aliphatic heterocycles. The molecule has 0 amide bonds. The number of nitrogens with zero attached hydrogens (tertiary/aromatic N) is 4. The van der Waals surface area contributed by atoms with Crippen LogP contribution in [0.2, 0.25) is 0 Å². The van der Waals surface area contributed by atoms with Crippen molar-refractivity contribution in [2.24, 2.45) is 4.99 Å². The zero-order chi connectivity index (χ0) is 20.7. The lowest BCUT2D eigenvalue weighted by molar-refractivity contribution is 0.430. The van der Waals surface area contributed by atoms with Gasteiger partial charge >= 0.3 is 5.69 Å². The highest BCUT2D eigenvalue weighted by molar-refractivity contribution is 9.10. The summed E-state index contributed by atoms with van der Waals surface area (Å²) in [5, 5.41) is 10.8. The van der Waals surface area contributed by atoms with Crippen molar-refractivity contribution in [2.45, 2.75) is 13.8 Å². The van der Waals surface area contributed by atoms with Crippen LogP contribution in [0.25, 0.3) is 16.7 Å². The van der Waals surface area contributed by atoms with Crippen molar-refractivity contribution in [1.82, 2.24) is 18.3 Å². The molecule has 0 radical (unpaired) electrons. The summed E-state index contributed by atoms with van der Waals surface area (Å²) in [5.41, 5.74) is 2.27. The Hall–Kier alpha value is -3.11. The van der Waals surface area contributed by atoms with E-state index in [4.69, 9.17) is 0 Å². The van der Waals surface area contributed by atoms with E-state index in [0.717, 1.165) is 31.9 Å². The molecule has 0 aliphatic carbocycles. The highest BCUT2D eigenvalue weighted by Gasteiger charge is 2.17. The van der Waals surface area contributed by atoms with E-state index in [1.165, 1.54) is 6.21 Å². The van der Waals surface area contributed by atoms with E-state index in [2.05, 4.69) is 34.7 Å². The summed E-state index contributed by atoms with van der Waals surface area (Å²) >= 11 is 4.50. The maximum absolute atomic E-state index is 12.5. The van der Waals surface area contributed by atoms with E-state index in [1.54, 1.807) is 31.2 Å². The summed E-state index contributed by atoms with van der Waals surface area (Å²) in [4.78, 5) is 31.3. The van der Waals surface area contributed by atoms with Crippen LogP contribution in [0.3, 0.4) is 0 Å². The van der Waals surface area contributed by atoms with Gasteiger partial charge in [-0.15, -0.1) is 0 Å². The van der Waals surface area contributed by atoms with Crippen molar-refractivity contribution in [3.8, 4) is 11.6 Å². The highest BCUT2D eigenvalue weighted by Crippen LogP contribution is 2.27. The van der Waals surface area contributed by atoms with Crippen LogP contribution in [0.5, 0.6) is 5.88 Å². The number of benzene rings is 2. The second kappa shape index (κ2) is 7.37. The van der Waals surface area contributed by atoms with Crippen molar-refractivity contribution in [2.75, 3.05) is 0 Å². The lowest BCUT2D eigenvalue weighted by atomic mass is 10.1. The molecule has 29 heavy (non-hydrogen) atoms. The van der Waals surface area contributed by atoms with Crippen molar-refractivity contribution in [3.63, 3.8) is 0 Å². The van der Waals surface area contributed by atoms with Crippen LogP contribution in [-0.2, 0) is 0 Å². The number of nitrogens with one attached hydrogen (secondary N) is 1. The van der Waals surface area contributed by atoms with Crippen LogP contribution in [-0.4, -0.2) is 29.6 Å². The molecule has 2 N–H and O–H groups in total. The Morgan fingerprint density at radius 2 is 2.00 bits per heavy atom. The van der Waals surface area contributed by atoms with Gasteiger partial charge in [-0.3, -0.25) is 14.8 Å². The molecule has 0 fully saturated rings. The Balaban J connectivity index is 1.89. The van der Waals surface area contributed by atoms with E-state index in [9.17, 15) is 14.7 Å². The Kier molecular flexibility index (Phi) is 4.89. The minimum atomic E-state index is -0.736. The first-order valence-electron chi connectivity index (χ1n) is 8.47. The van der Waals surface area contributed by atoms with Crippen molar-refractivity contribution in [3.05, 3.63) is 72.3 Å². The molecule has 2 aromatic heterocycles. The molecule has 0 spiro atoms. The van der Waals surface area contributed by atoms with Crippen LogP contribution in [0, 0.1) is 13.8 Å². The Morgan fingerprint density at radius 3 is 2.79 bits per heavy atom. The zero-order valence-electron chi connectivity index (χ0n) is 15.3. The quantitative estimate of drug-likeness (QED) is 0.444. The molecule has 146 valence electrons. The number of aliphatic imine (C=N–C) groups is 1. The fraction of sp³-hybridized carbons (Fsp3) is 0.105. The number of aromatic hydroxyl groups is 1. The van der Waals surface area contributed by atoms with Crippen LogP contribution >= 0.6 is 27.7 Å². The largest absolute Gasteiger partial charge is 0.493 e. The van der Waals surface area contributed by atoms with E-state index >= 15 is 0 Å². The van der Waals surface area contributed by atoms with Gasteiger partial charge in [-0.05, 0) is 49.2 Å². The van der Waals surface area contributed by atoms with E-state index < -0.39 is 17.1 Å². The number of halogens is 1. The van der Waals surface area contributed by atoms with Crippen LogP contribution < -0.4 is 11.2 Å². The number of aromatic nitrogens is 4. The molecule has 0 saturated heterocycles. The number of hydrogen-bond acceptors (Lipinski definition) is 7. The molecule has 0 saturated carbocycles. The average molecular weight is 472 g/mol. The third kappa shape index (κ3) is 3.40. The predicted octanol–water partition coefficient (Wildman–Crippen LogP) is 3.37.